The lowest BCUT2D eigenvalue weighted by Gasteiger charge is -2.25. The highest BCUT2D eigenvalue weighted by Crippen LogP contribution is 2.44. The lowest BCUT2D eigenvalue weighted by atomic mass is 9.85. The molecule has 154 valence electrons. The van der Waals surface area contributed by atoms with Gasteiger partial charge >= 0.3 is 5.69 Å². The molecule has 11 heteroatoms. The molecule has 0 atom stereocenters. The van der Waals surface area contributed by atoms with E-state index < -0.39 is 16.9 Å². The molecule has 0 unspecified atom stereocenters. The monoisotopic (exact) mass is 446 g/mol. The van der Waals surface area contributed by atoms with Crippen LogP contribution in [0.15, 0.2) is 38.0 Å². The third kappa shape index (κ3) is 3.38. The molecule has 0 fully saturated rings. The highest BCUT2D eigenvalue weighted by Gasteiger charge is 2.37. The third-order valence-electron chi connectivity index (χ3n) is 5.24. The summed E-state index contributed by atoms with van der Waals surface area (Å²) >= 11 is 12.8. The molecule has 0 amide bonds. The number of hydrogen-bond acceptors (Lipinski definition) is 7. The molecule has 1 aromatic heterocycles. The summed E-state index contributed by atoms with van der Waals surface area (Å²) in [5.74, 6) is 0.587. The fourth-order valence-electron chi connectivity index (χ4n) is 3.58. The minimum atomic E-state index is -0.873. The molecule has 9 nitrogen and oxygen atoms in total. The van der Waals surface area contributed by atoms with Gasteiger partial charge in [-0.3, -0.25) is 9.78 Å². The van der Waals surface area contributed by atoms with E-state index in [2.05, 4.69) is 29.5 Å². The van der Waals surface area contributed by atoms with E-state index in [0.29, 0.717) is 12.4 Å². The van der Waals surface area contributed by atoms with Crippen molar-refractivity contribution < 1.29 is 4.74 Å². The molecule has 0 saturated heterocycles. The normalized spacial score (nSPS) is 17.1. The Kier molecular flexibility index (Phi) is 4.92. The van der Waals surface area contributed by atoms with E-state index in [-0.39, 0.29) is 26.9 Å². The third-order valence-corrected chi connectivity index (χ3v) is 5.80. The largest absolute Gasteiger partial charge is 0.434 e. The van der Waals surface area contributed by atoms with Crippen LogP contribution >= 0.6 is 23.2 Å². The fourth-order valence-corrected chi connectivity index (χ4v) is 4.14. The van der Waals surface area contributed by atoms with Crippen LogP contribution in [0, 0.1) is 16.7 Å². The van der Waals surface area contributed by atoms with Crippen molar-refractivity contribution in [2.24, 2.45) is 10.5 Å². The summed E-state index contributed by atoms with van der Waals surface area (Å²) in [6.45, 7) is 5.02. The number of halogens is 2. The maximum atomic E-state index is 12.1. The maximum Gasteiger partial charge on any atom is 0.349 e. The van der Waals surface area contributed by atoms with Gasteiger partial charge in [0.25, 0.3) is 5.56 Å². The topological polar surface area (TPSA) is 125 Å². The van der Waals surface area contributed by atoms with Crippen LogP contribution in [0.2, 0.25) is 10.0 Å². The zero-order valence-corrected chi connectivity index (χ0v) is 17.6. The molecule has 1 aromatic carbocycles. The van der Waals surface area contributed by atoms with Gasteiger partial charge in [-0.25, -0.2) is 4.79 Å². The SMILES string of the molecule is CC1(C)CCC2=C1CNN=C2Oc1c(Cl)cc(-n2nc(C#N)c(=O)[nH]c2=O)cc1Cl. The first-order chi connectivity index (χ1) is 14.2. The van der Waals surface area contributed by atoms with Gasteiger partial charge in [-0.15, -0.1) is 10.2 Å². The quantitative estimate of drug-likeness (QED) is 0.729. The first-order valence-corrected chi connectivity index (χ1v) is 9.81. The molecular formula is C19H16Cl2N6O3. The number of nitrogens with zero attached hydrogens (tertiary/aromatic N) is 4. The average Bonchev–Trinajstić information content (AvgIpc) is 3.00. The number of hydrazone groups is 1. The Hall–Kier alpha value is -3.09. The summed E-state index contributed by atoms with van der Waals surface area (Å²) in [4.78, 5) is 25.7. The molecule has 2 heterocycles. The summed E-state index contributed by atoms with van der Waals surface area (Å²) in [6, 6.07) is 4.43. The highest BCUT2D eigenvalue weighted by molar-refractivity contribution is 6.37. The van der Waals surface area contributed by atoms with Gasteiger partial charge in [0.2, 0.25) is 11.6 Å². The van der Waals surface area contributed by atoms with E-state index in [9.17, 15) is 9.59 Å². The minimum Gasteiger partial charge on any atom is -0.434 e. The van der Waals surface area contributed by atoms with Crippen molar-refractivity contribution in [3.63, 3.8) is 0 Å². The Morgan fingerprint density at radius 2 is 1.97 bits per heavy atom. The van der Waals surface area contributed by atoms with Crippen LogP contribution in [0.25, 0.3) is 5.69 Å². The van der Waals surface area contributed by atoms with Crippen LogP contribution < -0.4 is 21.4 Å². The summed E-state index contributed by atoms with van der Waals surface area (Å²) in [5.41, 5.74) is 3.31. The van der Waals surface area contributed by atoms with Crippen LogP contribution in [0.1, 0.15) is 32.4 Å². The Morgan fingerprint density at radius 3 is 2.63 bits per heavy atom. The highest BCUT2D eigenvalue weighted by atomic mass is 35.5. The molecule has 2 N–H and O–H groups in total. The van der Waals surface area contributed by atoms with Crippen LogP contribution in [0.3, 0.4) is 0 Å². The molecule has 4 rings (SSSR count). The van der Waals surface area contributed by atoms with Gasteiger partial charge in [0.05, 0.1) is 22.3 Å². The molecule has 2 aromatic rings. The predicted molar refractivity (Wildman–Crippen MR) is 111 cm³/mol. The van der Waals surface area contributed by atoms with Gasteiger partial charge in [-0.05, 0) is 36.0 Å². The molecule has 0 spiro atoms. The predicted octanol–water partition coefficient (Wildman–Crippen LogP) is 2.51. The van der Waals surface area contributed by atoms with Crippen molar-refractivity contribution in [2.75, 3.05) is 6.54 Å². The number of aromatic amines is 1. The molecule has 1 aliphatic carbocycles. The number of rotatable bonds is 2. The molecule has 30 heavy (non-hydrogen) atoms. The summed E-state index contributed by atoms with van der Waals surface area (Å²) in [5, 5.41) is 17.2. The molecule has 0 radical (unpaired) electrons. The summed E-state index contributed by atoms with van der Waals surface area (Å²) in [6.07, 6.45) is 1.83. The Morgan fingerprint density at radius 1 is 1.27 bits per heavy atom. The van der Waals surface area contributed by atoms with Crippen molar-refractivity contribution in [2.45, 2.75) is 26.7 Å². The first-order valence-electron chi connectivity index (χ1n) is 9.06. The van der Waals surface area contributed by atoms with E-state index >= 15 is 0 Å². The van der Waals surface area contributed by atoms with E-state index in [1.165, 1.54) is 17.7 Å². The van der Waals surface area contributed by atoms with E-state index in [1.807, 2.05) is 4.98 Å². The number of aromatic nitrogens is 3. The number of ether oxygens (including phenoxy) is 1. The second kappa shape index (κ2) is 7.31. The van der Waals surface area contributed by atoms with Gasteiger partial charge < -0.3 is 10.2 Å². The van der Waals surface area contributed by atoms with E-state index in [4.69, 9.17) is 33.2 Å². The van der Waals surface area contributed by atoms with Gasteiger partial charge in [0.1, 0.15) is 6.07 Å². The second-order valence-corrected chi connectivity index (χ2v) is 8.38. The average molecular weight is 447 g/mol. The van der Waals surface area contributed by atoms with Crippen molar-refractivity contribution in [3.05, 3.63) is 59.9 Å². The van der Waals surface area contributed by atoms with E-state index in [0.717, 1.165) is 23.1 Å². The van der Waals surface area contributed by atoms with Crippen molar-refractivity contribution in [1.29, 1.82) is 5.26 Å². The second-order valence-electron chi connectivity index (χ2n) is 7.56. The van der Waals surface area contributed by atoms with E-state index in [1.54, 1.807) is 6.07 Å². The minimum absolute atomic E-state index is 0.0554. The Balaban J connectivity index is 1.72. The molecule has 0 saturated carbocycles. The first kappa shape index (κ1) is 20.2. The van der Waals surface area contributed by atoms with Crippen LogP contribution in [0.5, 0.6) is 5.75 Å². The van der Waals surface area contributed by atoms with Crippen molar-refractivity contribution in [3.8, 4) is 17.5 Å². The lowest BCUT2D eigenvalue weighted by molar-refractivity contribution is 0.428. The number of nitriles is 1. The standard InChI is InChI=1S/C19H16Cl2N6O3/c1-19(2)4-3-10-11(19)8-23-25-17(10)30-15-12(20)5-9(6-13(15)21)27-18(29)24-16(28)14(7-22)26-27/h5-6,23H,3-4,8H2,1-2H3,(H,24,28,29). The Bertz CT molecular complexity index is 1260. The van der Waals surface area contributed by atoms with Gasteiger partial charge in [-0.1, -0.05) is 37.0 Å². The van der Waals surface area contributed by atoms with Crippen molar-refractivity contribution >= 4 is 29.1 Å². The molecule has 0 bridgehead atoms. The van der Waals surface area contributed by atoms with Crippen LogP contribution in [0.4, 0.5) is 0 Å². The van der Waals surface area contributed by atoms with Crippen LogP contribution in [-0.2, 0) is 0 Å². The fraction of sp³-hybridized carbons (Fsp3) is 0.316. The van der Waals surface area contributed by atoms with Gasteiger partial charge in [0, 0.05) is 5.57 Å². The molecule has 1 aliphatic heterocycles. The summed E-state index contributed by atoms with van der Waals surface area (Å²) < 4.78 is 6.79. The number of benzene rings is 1. The van der Waals surface area contributed by atoms with Crippen molar-refractivity contribution in [1.82, 2.24) is 20.2 Å². The van der Waals surface area contributed by atoms with Gasteiger partial charge in [0.15, 0.2) is 5.75 Å². The number of H-pyrrole nitrogens is 1. The molecule has 2 aliphatic rings. The number of nitrogens with one attached hydrogen (secondary N) is 2. The smallest absolute Gasteiger partial charge is 0.349 e. The molecular weight excluding hydrogens is 431 g/mol. The zero-order chi connectivity index (χ0) is 21.6. The van der Waals surface area contributed by atoms with Crippen LogP contribution in [-0.4, -0.2) is 27.2 Å². The maximum absolute atomic E-state index is 12.1. The number of hydrogen-bond donors (Lipinski definition) is 2. The summed E-state index contributed by atoms with van der Waals surface area (Å²) in [7, 11) is 0. The Labute approximate surface area is 180 Å². The lowest BCUT2D eigenvalue weighted by Crippen LogP contribution is -2.33. The van der Waals surface area contributed by atoms with Gasteiger partial charge in [-0.2, -0.15) is 9.94 Å². The zero-order valence-electron chi connectivity index (χ0n) is 16.0.